The van der Waals surface area contributed by atoms with Crippen LogP contribution in [0, 0.1) is 11.8 Å². The molecule has 2 unspecified atom stereocenters. The van der Waals surface area contributed by atoms with E-state index in [1.807, 2.05) is 0 Å². The Morgan fingerprint density at radius 3 is 3.11 bits per heavy atom. The van der Waals surface area contributed by atoms with Gasteiger partial charge in [-0.15, -0.1) is 0 Å². The Labute approximate surface area is 55.2 Å². The lowest BCUT2D eigenvalue weighted by atomic mass is 10.1. The van der Waals surface area contributed by atoms with Gasteiger partial charge in [0.25, 0.3) is 0 Å². The molecule has 1 heteroatoms. The second kappa shape index (κ2) is 1.41. The highest BCUT2D eigenvalue weighted by Crippen LogP contribution is 2.46. The Bertz CT molecular complexity index is 201. The van der Waals surface area contributed by atoms with E-state index in [1.54, 1.807) is 0 Å². The molecule has 0 amide bonds. The quantitative estimate of drug-likeness (QED) is 0.515. The molecule has 0 heterocycles. The maximum Gasteiger partial charge on any atom is 0.0121 e. The molecule has 2 N–H and O–H groups in total. The minimum atomic E-state index is 0.716. The van der Waals surface area contributed by atoms with Crippen molar-refractivity contribution in [3.63, 3.8) is 0 Å². The summed E-state index contributed by atoms with van der Waals surface area (Å²) in [6, 6.07) is 0. The zero-order valence-corrected chi connectivity index (χ0v) is 5.59. The van der Waals surface area contributed by atoms with Gasteiger partial charge in [0.2, 0.25) is 0 Å². The highest BCUT2D eigenvalue weighted by molar-refractivity contribution is 5.33. The predicted octanol–water partition coefficient (Wildman–Crippen LogP) is 1.43. The molecule has 0 saturated heterocycles. The molecular weight excluding hydrogens is 110 g/mol. The molecule has 1 nitrogen and oxygen atoms in total. The lowest BCUT2D eigenvalue weighted by Crippen LogP contribution is -2.03. The summed E-state index contributed by atoms with van der Waals surface area (Å²) < 4.78 is 0. The van der Waals surface area contributed by atoms with Crippen LogP contribution in [0.15, 0.2) is 23.4 Å². The normalized spacial score (nSPS) is 38.8. The van der Waals surface area contributed by atoms with Crippen molar-refractivity contribution in [3.05, 3.63) is 23.4 Å². The molecule has 9 heavy (non-hydrogen) atoms. The van der Waals surface area contributed by atoms with E-state index in [-0.39, 0.29) is 0 Å². The summed E-state index contributed by atoms with van der Waals surface area (Å²) in [5, 5.41) is 0. The molecule has 0 aromatic carbocycles. The zero-order chi connectivity index (χ0) is 6.43. The number of hydrogen-bond acceptors (Lipinski definition) is 1. The first kappa shape index (κ1) is 5.10. The van der Waals surface area contributed by atoms with Gasteiger partial charge in [-0.1, -0.05) is 11.6 Å². The van der Waals surface area contributed by atoms with Crippen LogP contribution >= 0.6 is 0 Å². The summed E-state index contributed by atoms with van der Waals surface area (Å²) in [7, 11) is 0. The highest BCUT2D eigenvalue weighted by Gasteiger charge is 2.38. The summed E-state index contributed by atoms with van der Waals surface area (Å²) in [4.78, 5) is 0. The van der Waals surface area contributed by atoms with Crippen molar-refractivity contribution in [2.75, 3.05) is 0 Å². The molecule has 0 spiro atoms. The standard InChI is InChI=1S/C8H11N/c1-5-2-6-4-7(6)8(9)3-5/h2-3,6-7H,4,9H2,1H3. The van der Waals surface area contributed by atoms with Crippen molar-refractivity contribution in [2.24, 2.45) is 17.6 Å². The van der Waals surface area contributed by atoms with Crippen molar-refractivity contribution < 1.29 is 0 Å². The molecule has 1 saturated carbocycles. The number of allylic oxidation sites excluding steroid dienone is 4. The Kier molecular flexibility index (Phi) is 0.797. The van der Waals surface area contributed by atoms with Crippen molar-refractivity contribution in [1.82, 2.24) is 0 Å². The van der Waals surface area contributed by atoms with Crippen LogP contribution in [-0.4, -0.2) is 0 Å². The van der Waals surface area contributed by atoms with Gasteiger partial charge in [-0.05, 0) is 25.3 Å². The average molecular weight is 121 g/mol. The molecule has 0 bridgehead atoms. The van der Waals surface area contributed by atoms with Gasteiger partial charge in [-0.25, -0.2) is 0 Å². The van der Waals surface area contributed by atoms with Crippen LogP contribution in [0.25, 0.3) is 0 Å². The van der Waals surface area contributed by atoms with E-state index < -0.39 is 0 Å². The van der Waals surface area contributed by atoms with Gasteiger partial charge in [0.05, 0.1) is 0 Å². The van der Waals surface area contributed by atoms with Crippen LogP contribution in [0.5, 0.6) is 0 Å². The first-order valence-corrected chi connectivity index (χ1v) is 3.43. The monoisotopic (exact) mass is 121 g/mol. The van der Waals surface area contributed by atoms with E-state index in [4.69, 9.17) is 5.73 Å². The van der Waals surface area contributed by atoms with Crippen LogP contribution < -0.4 is 5.73 Å². The van der Waals surface area contributed by atoms with Crippen molar-refractivity contribution in [1.29, 1.82) is 0 Å². The first-order valence-electron chi connectivity index (χ1n) is 3.43. The third-order valence-electron chi connectivity index (χ3n) is 2.14. The van der Waals surface area contributed by atoms with E-state index in [0.29, 0.717) is 5.92 Å². The van der Waals surface area contributed by atoms with Gasteiger partial charge in [-0.3, -0.25) is 0 Å². The molecule has 0 radical (unpaired) electrons. The van der Waals surface area contributed by atoms with Crippen molar-refractivity contribution >= 4 is 0 Å². The zero-order valence-electron chi connectivity index (χ0n) is 5.59. The molecule has 0 aliphatic heterocycles. The summed E-state index contributed by atoms with van der Waals surface area (Å²) >= 11 is 0. The minimum Gasteiger partial charge on any atom is -0.402 e. The van der Waals surface area contributed by atoms with Gasteiger partial charge in [-0.2, -0.15) is 0 Å². The van der Waals surface area contributed by atoms with Crippen LogP contribution in [-0.2, 0) is 0 Å². The smallest absolute Gasteiger partial charge is 0.0121 e. The number of fused-ring (bicyclic) bond motifs is 1. The van der Waals surface area contributed by atoms with E-state index in [1.165, 1.54) is 12.0 Å². The molecule has 2 aliphatic carbocycles. The summed E-state index contributed by atoms with van der Waals surface area (Å²) in [5.41, 5.74) is 8.17. The molecule has 2 aliphatic rings. The lowest BCUT2D eigenvalue weighted by molar-refractivity contribution is 0.881. The van der Waals surface area contributed by atoms with Crippen LogP contribution in [0.1, 0.15) is 13.3 Å². The fraction of sp³-hybridized carbons (Fsp3) is 0.500. The third kappa shape index (κ3) is 0.680. The Morgan fingerprint density at radius 2 is 2.44 bits per heavy atom. The average Bonchev–Trinajstić information content (AvgIpc) is 2.43. The Balaban J connectivity index is 2.32. The summed E-state index contributed by atoms with van der Waals surface area (Å²) in [6.07, 6.45) is 5.70. The first-order chi connectivity index (χ1) is 4.27. The van der Waals surface area contributed by atoms with Gasteiger partial charge in [0, 0.05) is 11.6 Å². The molecule has 0 aromatic heterocycles. The third-order valence-corrected chi connectivity index (χ3v) is 2.14. The fourth-order valence-corrected chi connectivity index (χ4v) is 1.54. The van der Waals surface area contributed by atoms with E-state index in [9.17, 15) is 0 Å². The molecule has 1 fully saturated rings. The van der Waals surface area contributed by atoms with Gasteiger partial charge in [0.15, 0.2) is 0 Å². The van der Waals surface area contributed by atoms with Crippen LogP contribution in [0.3, 0.4) is 0 Å². The van der Waals surface area contributed by atoms with Crippen molar-refractivity contribution in [2.45, 2.75) is 13.3 Å². The largest absolute Gasteiger partial charge is 0.402 e. The second-order valence-electron chi connectivity index (χ2n) is 3.06. The van der Waals surface area contributed by atoms with Crippen LogP contribution in [0.4, 0.5) is 0 Å². The summed E-state index contributed by atoms with van der Waals surface area (Å²) in [5.74, 6) is 1.52. The van der Waals surface area contributed by atoms with E-state index >= 15 is 0 Å². The molecule has 0 aromatic rings. The predicted molar refractivity (Wildman–Crippen MR) is 37.6 cm³/mol. The van der Waals surface area contributed by atoms with E-state index in [0.717, 1.165) is 11.6 Å². The number of rotatable bonds is 0. The van der Waals surface area contributed by atoms with E-state index in [2.05, 4.69) is 19.1 Å². The summed E-state index contributed by atoms with van der Waals surface area (Å²) in [6.45, 7) is 2.11. The maximum atomic E-state index is 5.73. The molecular formula is C8H11N. The van der Waals surface area contributed by atoms with Crippen LogP contribution in [0.2, 0.25) is 0 Å². The lowest BCUT2D eigenvalue weighted by Gasteiger charge is -2.04. The van der Waals surface area contributed by atoms with Crippen molar-refractivity contribution in [3.8, 4) is 0 Å². The minimum absolute atomic E-state index is 0.716. The molecule has 2 rings (SSSR count). The second-order valence-corrected chi connectivity index (χ2v) is 3.06. The van der Waals surface area contributed by atoms with Gasteiger partial charge < -0.3 is 5.73 Å². The number of nitrogens with two attached hydrogens (primary N) is 1. The SMILES string of the molecule is CC1=CC2CC2C(N)=C1. The Hall–Kier alpha value is -0.720. The topological polar surface area (TPSA) is 26.0 Å². The molecule has 2 atom stereocenters. The van der Waals surface area contributed by atoms with Gasteiger partial charge in [0.1, 0.15) is 0 Å². The Morgan fingerprint density at radius 1 is 1.67 bits per heavy atom. The maximum absolute atomic E-state index is 5.73. The van der Waals surface area contributed by atoms with Gasteiger partial charge >= 0.3 is 0 Å². The molecule has 48 valence electrons. The fourth-order valence-electron chi connectivity index (χ4n) is 1.54. The highest BCUT2D eigenvalue weighted by atomic mass is 14.7. The number of hydrogen-bond donors (Lipinski definition) is 1.